The molecule has 3 rings (SSSR count). The molecule has 0 aliphatic heterocycles. The molecule has 0 bridgehead atoms. The second kappa shape index (κ2) is 7.80. The van der Waals surface area contributed by atoms with Gasteiger partial charge in [0.15, 0.2) is 0 Å². The molecule has 0 spiro atoms. The topological polar surface area (TPSA) is 66.9 Å². The van der Waals surface area contributed by atoms with Crippen molar-refractivity contribution in [3.05, 3.63) is 77.1 Å². The molecule has 1 aromatic heterocycles. The lowest BCUT2D eigenvalue weighted by atomic mass is 9.86. The number of nitrogens with one attached hydrogen (secondary N) is 2. The molecule has 2 N–H and O–H groups in total. The number of rotatable bonds is 4. The lowest BCUT2D eigenvalue weighted by molar-refractivity contribution is 0.102. The first-order valence-electron chi connectivity index (χ1n) is 9.32. The van der Waals surface area contributed by atoms with E-state index in [9.17, 15) is 4.79 Å². The Hall–Kier alpha value is -3.21. The van der Waals surface area contributed by atoms with Gasteiger partial charge in [0.1, 0.15) is 5.69 Å². The van der Waals surface area contributed by atoms with Crippen LogP contribution in [0.1, 0.15) is 48.1 Å². The molecular formula is C23H26N4O. The average Bonchev–Trinajstić information content (AvgIpc) is 2.62. The van der Waals surface area contributed by atoms with Crippen LogP contribution in [-0.4, -0.2) is 15.9 Å². The molecular weight excluding hydrogens is 348 g/mol. The summed E-state index contributed by atoms with van der Waals surface area (Å²) < 4.78 is 0. The minimum absolute atomic E-state index is 0.0287. The second-order valence-electron chi connectivity index (χ2n) is 7.96. The average molecular weight is 374 g/mol. The number of benzene rings is 2. The summed E-state index contributed by atoms with van der Waals surface area (Å²) in [6.45, 7) is 10.3. The number of amides is 1. The number of nitrogens with zero attached hydrogens (tertiary/aromatic N) is 2. The standard InChI is InChI=1S/C23H26N4O/c1-15-10-12-17(13-11-15)25-21(28)20-14-16(2)24-22(27-20)26-19-9-7-6-8-18(19)23(3,4)5/h6-14H,1-5H3,(H,25,28)(H,24,26,27). The zero-order valence-electron chi connectivity index (χ0n) is 17.0. The maximum atomic E-state index is 12.7. The van der Waals surface area contributed by atoms with Gasteiger partial charge in [-0.3, -0.25) is 4.79 Å². The highest BCUT2D eigenvalue weighted by Crippen LogP contribution is 2.30. The van der Waals surface area contributed by atoms with Crippen molar-refractivity contribution in [2.45, 2.75) is 40.0 Å². The number of carbonyl (C=O) groups is 1. The lowest BCUT2D eigenvalue weighted by Crippen LogP contribution is -2.17. The van der Waals surface area contributed by atoms with Crippen molar-refractivity contribution in [2.75, 3.05) is 10.6 Å². The summed E-state index contributed by atoms with van der Waals surface area (Å²) in [5, 5.41) is 6.17. The molecule has 1 heterocycles. The number of hydrogen-bond donors (Lipinski definition) is 2. The summed E-state index contributed by atoms with van der Waals surface area (Å²) >= 11 is 0. The second-order valence-corrected chi connectivity index (χ2v) is 7.96. The highest BCUT2D eigenvalue weighted by Gasteiger charge is 2.18. The number of para-hydroxylation sites is 1. The molecule has 0 atom stereocenters. The Labute approximate surface area is 166 Å². The molecule has 0 saturated carbocycles. The van der Waals surface area contributed by atoms with Crippen molar-refractivity contribution in [1.29, 1.82) is 0 Å². The van der Waals surface area contributed by atoms with E-state index in [1.807, 2.05) is 56.3 Å². The Morgan fingerprint density at radius 1 is 0.929 bits per heavy atom. The third-order valence-electron chi connectivity index (χ3n) is 4.38. The van der Waals surface area contributed by atoms with E-state index in [2.05, 4.69) is 47.4 Å². The zero-order valence-corrected chi connectivity index (χ0v) is 17.0. The molecule has 0 saturated heterocycles. The van der Waals surface area contributed by atoms with E-state index in [0.29, 0.717) is 11.6 Å². The summed E-state index contributed by atoms with van der Waals surface area (Å²) in [6.07, 6.45) is 0. The van der Waals surface area contributed by atoms with Gasteiger partial charge in [0.2, 0.25) is 5.95 Å². The van der Waals surface area contributed by atoms with Gasteiger partial charge in [0.25, 0.3) is 5.91 Å². The van der Waals surface area contributed by atoms with Crippen molar-refractivity contribution in [3.63, 3.8) is 0 Å². The third kappa shape index (κ3) is 4.74. The van der Waals surface area contributed by atoms with E-state index in [1.54, 1.807) is 6.07 Å². The molecule has 3 aromatic rings. The van der Waals surface area contributed by atoms with E-state index < -0.39 is 0 Å². The Kier molecular flexibility index (Phi) is 5.45. The Bertz CT molecular complexity index is 988. The van der Waals surface area contributed by atoms with Gasteiger partial charge in [-0.05, 0) is 49.1 Å². The van der Waals surface area contributed by atoms with Crippen LogP contribution in [0.2, 0.25) is 0 Å². The van der Waals surface area contributed by atoms with Crippen LogP contribution in [0.5, 0.6) is 0 Å². The summed E-state index contributed by atoms with van der Waals surface area (Å²) in [4.78, 5) is 21.5. The summed E-state index contributed by atoms with van der Waals surface area (Å²) in [5.41, 5.74) is 4.98. The van der Waals surface area contributed by atoms with E-state index >= 15 is 0 Å². The monoisotopic (exact) mass is 374 g/mol. The maximum absolute atomic E-state index is 12.7. The highest BCUT2D eigenvalue weighted by molar-refractivity contribution is 6.03. The van der Waals surface area contributed by atoms with Crippen LogP contribution in [-0.2, 0) is 5.41 Å². The first-order valence-corrected chi connectivity index (χ1v) is 9.32. The van der Waals surface area contributed by atoms with Gasteiger partial charge in [-0.15, -0.1) is 0 Å². The first-order chi connectivity index (χ1) is 13.2. The quantitative estimate of drug-likeness (QED) is 0.643. The number of aromatic nitrogens is 2. The first kappa shape index (κ1) is 19.5. The Morgan fingerprint density at radius 3 is 2.29 bits per heavy atom. The molecule has 5 nitrogen and oxygen atoms in total. The summed E-state index contributed by atoms with van der Waals surface area (Å²) in [7, 11) is 0. The van der Waals surface area contributed by atoms with Crippen LogP contribution in [0.25, 0.3) is 0 Å². The Balaban J connectivity index is 1.86. The number of hydrogen-bond acceptors (Lipinski definition) is 4. The minimum Gasteiger partial charge on any atom is -0.324 e. The van der Waals surface area contributed by atoms with Crippen LogP contribution < -0.4 is 10.6 Å². The molecule has 2 aromatic carbocycles. The van der Waals surface area contributed by atoms with Crippen molar-refractivity contribution in [1.82, 2.24) is 9.97 Å². The van der Waals surface area contributed by atoms with Crippen molar-refractivity contribution >= 4 is 23.2 Å². The van der Waals surface area contributed by atoms with Gasteiger partial charge in [-0.2, -0.15) is 0 Å². The van der Waals surface area contributed by atoms with E-state index in [0.717, 1.165) is 28.2 Å². The predicted molar refractivity (Wildman–Crippen MR) is 114 cm³/mol. The van der Waals surface area contributed by atoms with Gasteiger partial charge in [-0.25, -0.2) is 9.97 Å². The van der Waals surface area contributed by atoms with Crippen molar-refractivity contribution in [2.24, 2.45) is 0 Å². The van der Waals surface area contributed by atoms with Crippen LogP contribution in [0.4, 0.5) is 17.3 Å². The zero-order chi connectivity index (χ0) is 20.3. The van der Waals surface area contributed by atoms with Crippen LogP contribution >= 0.6 is 0 Å². The van der Waals surface area contributed by atoms with Gasteiger partial charge in [0.05, 0.1) is 0 Å². The molecule has 1 amide bonds. The molecule has 0 radical (unpaired) electrons. The van der Waals surface area contributed by atoms with Gasteiger partial charge >= 0.3 is 0 Å². The lowest BCUT2D eigenvalue weighted by Gasteiger charge is -2.23. The van der Waals surface area contributed by atoms with Crippen molar-refractivity contribution in [3.8, 4) is 0 Å². The fraction of sp³-hybridized carbons (Fsp3) is 0.261. The highest BCUT2D eigenvalue weighted by atomic mass is 16.1. The molecule has 5 heteroatoms. The largest absolute Gasteiger partial charge is 0.324 e. The smallest absolute Gasteiger partial charge is 0.274 e. The molecule has 144 valence electrons. The normalized spacial score (nSPS) is 11.2. The van der Waals surface area contributed by atoms with E-state index in [1.165, 1.54) is 0 Å². The molecule has 0 unspecified atom stereocenters. The van der Waals surface area contributed by atoms with Gasteiger partial charge in [-0.1, -0.05) is 56.7 Å². The number of carbonyl (C=O) groups excluding carboxylic acids is 1. The molecule has 0 fully saturated rings. The fourth-order valence-electron chi connectivity index (χ4n) is 2.94. The van der Waals surface area contributed by atoms with Crippen LogP contribution in [0, 0.1) is 13.8 Å². The summed E-state index contributed by atoms with van der Waals surface area (Å²) in [5.74, 6) is 0.146. The summed E-state index contributed by atoms with van der Waals surface area (Å²) in [6, 6.07) is 17.4. The third-order valence-corrected chi connectivity index (χ3v) is 4.38. The number of aryl methyl sites for hydroxylation is 2. The molecule has 0 aliphatic rings. The van der Waals surface area contributed by atoms with E-state index in [-0.39, 0.29) is 11.3 Å². The van der Waals surface area contributed by atoms with Gasteiger partial charge in [0, 0.05) is 17.1 Å². The molecule has 28 heavy (non-hydrogen) atoms. The SMILES string of the molecule is Cc1ccc(NC(=O)c2cc(C)nc(Nc3ccccc3C(C)(C)C)n2)cc1. The van der Waals surface area contributed by atoms with Gasteiger partial charge < -0.3 is 10.6 Å². The maximum Gasteiger partial charge on any atom is 0.274 e. The predicted octanol–water partition coefficient (Wildman–Crippen LogP) is 5.39. The van der Waals surface area contributed by atoms with E-state index in [4.69, 9.17) is 0 Å². The van der Waals surface area contributed by atoms with Crippen molar-refractivity contribution < 1.29 is 4.79 Å². The van der Waals surface area contributed by atoms with Crippen LogP contribution in [0.15, 0.2) is 54.6 Å². The Morgan fingerprint density at radius 2 is 1.61 bits per heavy atom. The van der Waals surface area contributed by atoms with Crippen LogP contribution in [0.3, 0.4) is 0 Å². The minimum atomic E-state index is -0.262. The molecule has 0 aliphatic carbocycles. The number of anilines is 3. The fourth-order valence-corrected chi connectivity index (χ4v) is 2.94.